The summed E-state index contributed by atoms with van der Waals surface area (Å²) in [5.41, 5.74) is 8.52. The molecule has 0 radical (unpaired) electrons. The largest absolute Gasteiger partial charge is 0.493 e. The summed E-state index contributed by atoms with van der Waals surface area (Å²) in [6.45, 7) is 0.767. The number of nitrogens with two attached hydrogens (primary N) is 1. The van der Waals surface area contributed by atoms with E-state index in [9.17, 15) is 0 Å². The normalized spacial score (nSPS) is 15.5. The van der Waals surface area contributed by atoms with Crippen LogP contribution in [0.25, 0.3) is 0 Å². The minimum absolute atomic E-state index is 0.189. The van der Waals surface area contributed by atoms with E-state index in [1.165, 1.54) is 11.1 Å². The van der Waals surface area contributed by atoms with E-state index in [0.717, 1.165) is 42.4 Å². The zero-order valence-corrected chi connectivity index (χ0v) is 11.6. The van der Waals surface area contributed by atoms with Crippen molar-refractivity contribution < 1.29 is 4.74 Å². The summed E-state index contributed by atoms with van der Waals surface area (Å²) < 4.78 is 5.67. The van der Waals surface area contributed by atoms with Gasteiger partial charge in [0.25, 0.3) is 0 Å². The van der Waals surface area contributed by atoms with Gasteiger partial charge in [0.05, 0.1) is 6.61 Å². The molecule has 0 spiro atoms. The predicted octanol–water partition coefficient (Wildman–Crippen LogP) is 2.90. The molecule has 2 N–H and O–H groups in total. The number of rotatable bonds is 5. The van der Waals surface area contributed by atoms with Crippen LogP contribution in [0.5, 0.6) is 5.75 Å². The molecule has 4 heteroatoms. The van der Waals surface area contributed by atoms with Crippen LogP contribution in [-0.2, 0) is 12.8 Å². The first-order valence-electron chi connectivity index (χ1n) is 5.89. The Kier molecular flexibility index (Phi) is 4.60. The lowest BCUT2D eigenvalue weighted by molar-refractivity contribution is 0.352. The zero-order chi connectivity index (χ0) is 12.3. The second-order valence-electron chi connectivity index (χ2n) is 4.40. The van der Waals surface area contributed by atoms with E-state index < -0.39 is 0 Å². The SMILES string of the molecule is CSCCC(N)Cc1cc(Cl)cc2c1OCC2. The highest BCUT2D eigenvalue weighted by molar-refractivity contribution is 7.98. The Morgan fingerprint density at radius 1 is 1.53 bits per heavy atom. The Balaban J connectivity index is 2.10. The van der Waals surface area contributed by atoms with Gasteiger partial charge in [0.15, 0.2) is 0 Å². The topological polar surface area (TPSA) is 35.2 Å². The lowest BCUT2D eigenvalue weighted by Crippen LogP contribution is -2.23. The van der Waals surface area contributed by atoms with Crippen LogP contribution in [-0.4, -0.2) is 24.7 Å². The van der Waals surface area contributed by atoms with Crippen molar-refractivity contribution in [2.45, 2.75) is 25.3 Å². The number of halogens is 1. The minimum atomic E-state index is 0.189. The molecule has 2 nitrogen and oxygen atoms in total. The third-order valence-electron chi connectivity index (χ3n) is 3.00. The van der Waals surface area contributed by atoms with Gasteiger partial charge in [-0.25, -0.2) is 0 Å². The third-order valence-corrected chi connectivity index (χ3v) is 3.86. The van der Waals surface area contributed by atoms with E-state index in [1.54, 1.807) is 0 Å². The Morgan fingerprint density at radius 2 is 2.35 bits per heavy atom. The molecule has 0 amide bonds. The Hall–Kier alpha value is -0.380. The molecule has 1 aliphatic rings. The maximum absolute atomic E-state index is 6.12. The van der Waals surface area contributed by atoms with E-state index in [4.69, 9.17) is 22.1 Å². The first-order chi connectivity index (χ1) is 8.20. The summed E-state index contributed by atoms with van der Waals surface area (Å²) in [5.74, 6) is 2.12. The highest BCUT2D eigenvalue weighted by atomic mass is 35.5. The van der Waals surface area contributed by atoms with Gasteiger partial charge in [-0.3, -0.25) is 0 Å². The van der Waals surface area contributed by atoms with E-state index in [-0.39, 0.29) is 6.04 Å². The molecule has 17 heavy (non-hydrogen) atoms. The summed E-state index contributed by atoms with van der Waals surface area (Å²) in [7, 11) is 0. The van der Waals surface area contributed by atoms with Crippen molar-refractivity contribution in [1.29, 1.82) is 0 Å². The molecule has 1 unspecified atom stereocenters. The fourth-order valence-electron chi connectivity index (χ4n) is 2.15. The van der Waals surface area contributed by atoms with Crippen molar-refractivity contribution in [2.24, 2.45) is 5.73 Å². The molecule has 0 fully saturated rings. The zero-order valence-electron chi connectivity index (χ0n) is 10.0. The van der Waals surface area contributed by atoms with Crippen LogP contribution in [0, 0.1) is 0 Å². The van der Waals surface area contributed by atoms with Crippen LogP contribution in [0.2, 0.25) is 5.02 Å². The maximum atomic E-state index is 6.12. The van der Waals surface area contributed by atoms with Crippen LogP contribution in [0.15, 0.2) is 12.1 Å². The summed E-state index contributed by atoms with van der Waals surface area (Å²) in [5, 5.41) is 0.793. The lowest BCUT2D eigenvalue weighted by Gasteiger charge is -2.14. The number of thioether (sulfide) groups is 1. The highest BCUT2D eigenvalue weighted by Gasteiger charge is 2.18. The number of hydrogen-bond donors (Lipinski definition) is 1. The summed E-state index contributed by atoms with van der Waals surface area (Å²) in [6.07, 6.45) is 4.95. The molecule has 1 heterocycles. The lowest BCUT2D eigenvalue weighted by atomic mass is 10.0. The summed E-state index contributed by atoms with van der Waals surface area (Å²) in [6, 6.07) is 4.18. The van der Waals surface area contributed by atoms with Crippen LogP contribution in [0.1, 0.15) is 17.5 Å². The van der Waals surface area contributed by atoms with Crippen LogP contribution < -0.4 is 10.5 Å². The smallest absolute Gasteiger partial charge is 0.125 e. The Labute approximate surface area is 112 Å². The first kappa shape index (κ1) is 13.1. The first-order valence-corrected chi connectivity index (χ1v) is 7.66. The highest BCUT2D eigenvalue weighted by Crippen LogP contribution is 2.33. The van der Waals surface area contributed by atoms with Gasteiger partial charge in [-0.15, -0.1) is 0 Å². The molecular weight excluding hydrogens is 254 g/mol. The Morgan fingerprint density at radius 3 is 3.12 bits per heavy atom. The minimum Gasteiger partial charge on any atom is -0.493 e. The van der Waals surface area contributed by atoms with Gasteiger partial charge < -0.3 is 10.5 Å². The van der Waals surface area contributed by atoms with E-state index >= 15 is 0 Å². The maximum Gasteiger partial charge on any atom is 0.125 e. The monoisotopic (exact) mass is 271 g/mol. The molecule has 2 rings (SSSR count). The van der Waals surface area contributed by atoms with Crippen molar-refractivity contribution in [3.05, 3.63) is 28.3 Å². The quantitative estimate of drug-likeness (QED) is 0.894. The number of benzene rings is 1. The van der Waals surface area contributed by atoms with E-state index in [0.29, 0.717) is 0 Å². The van der Waals surface area contributed by atoms with Crippen LogP contribution in [0.3, 0.4) is 0 Å². The van der Waals surface area contributed by atoms with Crippen molar-refractivity contribution in [3.8, 4) is 5.75 Å². The molecule has 1 aliphatic heterocycles. The van der Waals surface area contributed by atoms with Crippen molar-refractivity contribution >= 4 is 23.4 Å². The van der Waals surface area contributed by atoms with Gasteiger partial charge >= 0.3 is 0 Å². The van der Waals surface area contributed by atoms with E-state index in [2.05, 4.69) is 6.26 Å². The molecule has 94 valence electrons. The number of hydrogen-bond acceptors (Lipinski definition) is 3. The average molecular weight is 272 g/mol. The molecule has 0 aromatic heterocycles. The van der Waals surface area contributed by atoms with Gasteiger partial charge in [0.1, 0.15) is 5.75 Å². The molecule has 1 aromatic carbocycles. The van der Waals surface area contributed by atoms with Crippen LogP contribution in [0.4, 0.5) is 0 Å². The van der Waals surface area contributed by atoms with Crippen LogP contribution >= 0.6 is 23.4 Å². The van der Waals surface area contributed by atoms with Crippen molar-refractivity contribution in [3.63, 3.8) is 0 Å². The van der Waals surface area contributed by atoms with Gasteiger partial charge in [-0.2, -0.15) is 11.8 Å². The number of ether oxygens (including phenoxy) is 1. The summed E-state index contributed by atoms with van der Waals surface area (Å²) >= 11 is 7.95. The molecular formula is C13H18ClNOS. The number of fused-ring (bicyclic) bond motifs is 1. The Bertz CT molecular complexity index is 397. The van der Waals surface area contributed by atoms with Gasteiger partial charge in [0, 0.05) is 17.5 Å². The molecule has 0 aliphatic carbocycles. The summed E-state index contributed by atoms with van der Waals surface area (Å²) in [4.78, 5) is 0. The fourth-order valence-corrected chi connectivity index (χ4v) is 2.95. The molecule has 0 saturated carbocycles. The van der Waals surface area contributed by atoms with Gasteiger partial charge in [0.2, 0.25) is 0 Å². The molecule has 1 atom stereocenters. The molecule has 1 aromatic rings. The second kappa shape index (κ2) is 5.98. The third kappa shape index (κ3) is 3.30. The van der Waals surface area contributed by atoms with Gasteiger partial charge in [-0.1, -0.05) is 11.6 Å². The van der Waals surface area contributed by atoms with Crippen molar-refractivity contribution in [2.75, 3.05) is 18.6 Å². The van der Waals surface area contributed by atoms with Crippen molar-refractivity contribution in [1.82, 2.24) is 0 Å². The predicted molar refractivity (Wildman–Crippen MR) is 75.3 cm³/mol. The van der Waals surface area contributed by atoms with E-state index in [1.807, 2.05) is 23.9 Å². The standard InChI is InChI=1S/C13H18ClNOS/c1-17-5-3-12(15)8-10-7-11(14)6-9-2-4-16-13(9)10/h6-7,12H,2-5,8,15H2,1H3. The molecule has 0 saturated heterocycles. The average Bonchev–Trinajstić information content (AvgIpc) is 2.74. The fraction of sp³-hybridized carbons (Fsp3) is 0.538. The second-order valence-corrected chi connectivity index (χ2v) is 5.82. The molecule has 0 bridgehead atoms. The van der Waals surface area contributed by atoms with Gasteiger partial charge in [-0.05, 0) is 48.1 Å².